The van der Waals surface area contributed by atoms with Gasteiger partial charge < -0.3 is 33.8 Å². The molecule has 0 aromatic rings. The second kappa shape index (κ2) is 82.2. The van der Waals surface area contributed by atoms with Crippen molar-refractivity contribution in [2.75, 3.05) is 39.6 Å². The Bertz CT molecular complexity index is 2100. The molecule has 110 heavy (non-hydrogen) atoms. The summed E-state index contributed by atoms with van der Waals surface area (Å²) < 4.78 is 69.0. The van der Waals surface area contributed by atoms with Gasteiger partial charge in [0.05, 0.1) is 26.4 Å². The number of carbonyl (C=O) groups excluding carboxylic acids is 4. The second-order valence-corrected chi connectivity index (χ2v) is 36.1. The first kappa shape index (κ1) is 108. The minimum Gasteiger partial charge on any atom is -0.462 e. The maximum absolute atomic E-state index is 13.2. The molecule has 7 atom stereocenters. The van der Waals surface area contributed by atoms with Crippen LogP contribution in [0.15, 0.2) is 0 Å². The first-order valence-electron chi connectivity index (χ1n) is 47.1. The van der Waals surface area contributed by atoms with Crippen LogP contribution >= 0.6 is 15.6 Å². The van der Waals surface area contributed by atoms with Gasteiger partial charge in [-0.15, -0.1) is 0 Å². The highest BCUT2D eigenvalue weighted by Crippen LogP contribution is 2.45. The highest BCUT2D eigenvalue weighted by atomic mass is 31.2. The Morgan fingerprint density at radius 2 is 0.436 bits per heavy atom. The SMILES string of the molecule is CCCCCCCCCCCCCCCCCCCCCC(=O)OC[C@H](COP(=O)(O)OC[C@@H](O)COP(=O)(O)OC[C@@H](COC(=O)CCCCCCCCC(C)CC)OC(=O)CCCCCCCCCCCCCCCCCCCCC)OC(=O)CCCCCCCCCCCCCCCCCCCCC(C)CC. The van der Waals surface area contributed by atoms with E-state index < -0.39 is 97.5 Å². The number of hydrogen-bond donors (Lipinski definition) is 3. The van der Waals surface area contributed by atoms with Gasteiger partial charge >= 0.3 is 39.5 Å². The molecule has 17 nitrogen and oxygen atoms in total. The molecule has 0 aromatic carbocycles. The number of aliphatic hydroxyl groups is 1. The summed E-state index contributed by atoms with van der Waals surface area (Å²) in [5.74, 6) is -0.496. The van der Waals surface area contributed by atoms with Crippen LogP contribution in [0.2, 0.25) is 0 Å². The smallest absolute Gasteiger partial charge is 0.462 e. The van der Waals surface area contributed by atoms with E-state index in [4.69, 9.17) is 37.0 Å². The second-order valence-electron chi connectivity index (χ2n) is 33.2. The number of rotatable bonds is 90. The number of unbranched alkanes of at least 4 members (excludes halogenated alkanes) is 58. The number of aliphatic hydroxyl groups excluding tert-OH is 1. The zero-order valence-corrected chi connectivity index (χ0v) is 74.4. The van der Waals surface area contributed by atoms with Crippen LogP contribution in [0.25, 0.3) is 0 Å². The highest BCUT2D eigenvalue weighted by molar-refractivity contribution is 7.47. The maximum Gasteiger partial charge on any atom is 0.472 e. The Morgan fingerprint density at radius 3 is 0.645 bits per heavy atom. The van der Waals surface area contributed by atoms with Crippen molar-refractivity contribution in [2.24, 2.45) is 11.8 Å². The summed E-state index contributed by atoms with van der Waals surface area (Å²) >= 11 is 0. The topological polar surface area (TPSA) is 237 Å². The molecule has 4 unspecified atom stereocenters. The van der Waals surface area contributed by atoms with Crippen molar-refractivity contribution in [3.05, 3.63) is 0 Å². The minimum absolute atomic E-state index is 0.108. The number of ether oxygens (including phenoxy) is 4. The fourth-order valence-corrected chi connectivity index (χ4v) is 15.8. The van der Waals surface area contributed by atoms with Gasteiger partial charge in [0.15, 0.2) is 12.2 Å². The van der Waals surface area contributed by atoms with Crippen LogP contribution in [0.5, 0.6) is 0 Å². The summed E-state index contributed by atoms with van der Waals surface area (Å²) in [5.41, 5.74) is 0. The molecule has 0 aromatic heterocycles. The van der Waals surface area contributed by atoms with E-state index in [1.165, 1.54) is 302 Å². The molecule has 0 amide bonds. The lowest BCUT2D eigenvalue weighted by Gasteiger charge is -2.21. The summed E-state index contributed by atoms with van der Waals surface area (Å²) in [4.78, 5) is 73.4. The molecule has 0 aliphatic carbocycles. The van der Waals surface area contributed by atoms with Gasteiger partial charge in [-0.1, -0.05) is 440 Å². The molecule has 0 fully saturated rings. The average Bonchev–Trinajstić information content (AvgIpc) is 0.895. The van der Waals surface area contributed by atoms with Crippen molar-refractivity contribution >= 4 is 39.5 Å². The zero-order chi connectivity index (χ0) is 80.6. The molecule has 0 spiro atoms. The third-order valence-corrected chi connectivity index (χ3v) is 24.1. The molecule has 654 valence electrons. The Labute approximate surface area is 677 Å². The van der Waals surface area contributed by atoms with Gasteiger partial charge in [0.2, 0.25) is 0 Å². The summed E-state index contributed by atoms with van der Waals surface area (Å²) in [6, 6.07) is 0. The van der Waals surface area contributed by atoms with E-state index >= 15 is 0 Å². The summed E-state index contributed by atoms with van der Waals surface area (Å²) in [5, 5.41) is 10.7. The van der Waals surface area contributed by atoms with Crippen LogP contribution in [-0.2, 0) is 65.4 Å². The number of hydrogen-bond acceptors (Lipinski definition) is 15. The van der Waals surface area contributed by atoms with Crippen LogP contribution in [0.3, 0.4) is 0 Å². The highest BCUT2D eigenvalue weighted by Gasteiger charge is 2.31. The van der Waals surface area contributed by atoms with Gasteiger partial charge in [0, 0.05) is 25.7 Å². The van der Waals surface area contributed by atoms with Gasteiger partial charge in [-0.25, -0.2) is 9.13 Å². The van der Waals surface area contributed by atoms with E-state index in [0.717, 1.165) is 108 Å². The number of esters is 4. The Balaban J connectivity index is 5.22. The molecule has 0 aliphatic heterocycles. The summed E-state index contributed by atoms with van der Waals surface area (Å²) in [7, 11) is -9.94. The van der Waals surface area contributed by atoms with Gasteiger partial charge in [0.25, 0.3) is 0 Å². The van der Waals surface area contributed by atoms with Gasteiger partial charge in [-0.2, -0.15) is 0 Å². The molecule has 0 saturated carbocycles. The molecule has 0 rings (SSSR count). The molecular formula is C91H178O17P2. The number of phosphoric ester groups is 2. The van der Waals surface area contributed by atoms with E-state index in [2.05, 4.69) is 41.5 Å². The molecule has 3 N–H and O–H groups in total. The molecular weight excluding hydrogens is 1430 g/mol. The fourth-order valence-electron chi connectivity index (χ4n) is 14.2. The van der Waals surface area contributed by atoms with Crippen molar-refractivity contribution in [3.63, 3.8) is 0 Å². The van der Waals surface area contributed by atoms with E-state index in [-0.39, 0.29) is 25.7 Å². The largest absolute Gasteiger partial charge is 0.472 e. The predicted molar refractivity (Wildman–Crippen MR) is 455 cm³/mol. The van der Waals surface area contributed by atoms with Gasteiger partial charge in [0.1, 0.15) is 19.3 Å². The maximum atomic E-state index is 13.2. The lowest BCUT2D eigenvalue weighted by atomic mass is 9.99. The van der Waals surface area contributed by atoms with Gasteiger partial charge in [-0.3, -0.25) is 37.3 Å². The Kier molecular flexibility index (Phi) is 80.7. The Morgan fingerprint density at radius 1 is 0.255 bits per heavy atom. The van der Waals surface area contributed by atoms with Crippen molar-refractivity contribution in [2.45, 2.75) is 509 Å². The first-order valence-corrected chi connectivity index (χ1v) is 50.1. The van der Waals surface area contributed by atoms with E-state index in [0.29, 0.717) is 25.7 Å². The van der Waals surface area contributed by atoms with Crippen LogP contribution in [-0.4, -0.2) is 96.7 Å². The van der Waals surface area contributed by atoms with Crippen LogP contribution in [0.4, 0.5) is 0 Å². The number of phosphoric acid groups is 2. The van der Waals surface area contributed by atoms with E-state index in [9.17, 15) is 43.2 Å². The molecule has 0 bridgehead atoms. The fraction of sp³-hybridized carbons (Fsp3) is 0.956. The first-order chi connectivity index (χ1) is 53.4. The normalized spacial score (nSPS) is 14.2. The molecule has 0 saturated heterocycles. The third-order valence-electron chi connectivity index (χ3n) is 22.2. The summed E-state index contributed by atoms with van der Waals surface area (Å²) in [6.45, 7) is 9.73. The predicted octanol–water partition coefficient (Wildman–Crippen LogP) is 28.2. The lowest BCUT2D eigenvalue weighted by Crippen LogP contribution is -2.30. The standard InChI is InChI=1S/C91H178O17P2/c1-7-11-13-15-17-19-21-23-25-27-29-34-38-42-46-50-54-61-67-73-88(93)101-79-86(107-90(95)75-69-63-56-52-48-44-40-36-32-31-33-37-41-45-49-53-59-65-71-83(5)9-3)81-105-109(97,98)103-77-85(92)78-104-110(99,100)106-82-87(80-102-89(94)74-68-62-58-57-60-66-72-84(6)10-4)108-91(96)76-70-64-55-51-47-43-39-35-30-28-26-24-22-20-18-16-14-12-8-2/h83-87,92H,7-82H2,1-6H3,(H,97,98)(H,99,100)/t83?,84?,85-,86-,87-/m1/s1. The van der Waals surface area contributed by atoms with Crippen LogP contribution < -0.4 is 0 Å². The lowest BCUT2D eigenvalue weighted by molar-refractivity contribution is -0.161. The molecule has 19 heteroatoms. The average molecular weight is 1610 g/mol. The number of carbonyl (C=O) groups is 4. The molecule has 0 aliphatic rings. The van der Waals surface area contributed by atoms with Crippen molar-refractivity contribution in [1.82, 2.24) is 0 Å². The monoisotopic (exact) mass is 1610 g/mol. The third kappa shape index (κ3) is 81.2. The van der Waals surface area contributed by atoms with Crippen molar-refractivity contribution in [3.8, 4) is 0 Å². The molecule has 0 radical (unpaired) electrons. The quantitative estimate of drug-likeness (QED) is 0.0222. The Hall–Kier alpha value is -1.94. The van der Waals surface area contributed by atoms with Crippen LogP contribution in [0, 0.1) is 11.8 Å². The zero-order valence-electron chi connectivity index (χ0n) is 72.6. The van der Waals surface area contributed by atoms with Gasteiger partial charge in [-0.05, 0) is 37.5 Å². The minimum atomic E-state index is -4.97. The van der Waals surface area contributed by atoms with E-state index in [1.54, 1.807) is 0 Å². The summed E-state index contributed by atoms with van der Waals surface area (Å²) in [6.07, 6.45) is 76.5. The van der Waals surface area contributed by atoms with Crippen molar-refractivity contribution < 1.29 is 80.2 Å². The van der Waals surface area contributed by atoms with Crippen LogP contribution in [0.1, 0.15) is 491 Å². The molecule has 0 heterocycles. The van der Waals surface area contributed by atoms with E-state index in [1.807, 2.05) is 0 Å². The van der Waals surface area contributed by atoms with Crippen molar-refractivity contribution in [1.29, 1.82) is 0 Å².